The number of unbranched alkanes of at least 4 members (excludes halogenated alkanes) is 15. The molecule has 0 saturated heterocycles. The average Bonchev–Trinajstić information content (AvgIpc) is 2.69. The summed E-state index contributed by atoms with van der Waals surface area (Å²) in [6.45, 7) is 5.76. The van der Waals surface area contributed by atoms with E-state index in [1.807, 2.05) is 0 Å². The zero-order chi connectivity index (χ0) is 20.1. The first-order valence-electron chi connectivity index (χ1n) is 12.6. The van der Waals surface area contributed by atoms with E-state index >= 15 is 0 Å². The van der Waals surface area contributed by atoms with E-state index in [0.717, 1.165) is 7.62 Å². The van der Waals surface area contributed by atoms with Gasteiger partial charge in [0.15, 0.2) is 0 Å². The molecule has 0 heterocycles. The van der Waals surface area contributed by atoms with Crippen LogP contribution in [0.15, 0.2) is 0 Å². The van der Waals surface area contributed by atoms with Gasteiger partial charge in [-0.05, 0) is 0 Å². The SMILES string of the molecule is CCCCCCCC[PH](CCCCCCCC)(CCCCCCCC)PCl. The summed E-state index contributed by atoms with van der Waals surface area (Å²) in [6, 6.07) is 0. The molecule has 0 radical (unpaired) electrons. The standard InChI is InChI=1S/C24H53ClP2/c1-4-7-10-13-16-19-22-27(26-25,23-20-17-14-11-8-5-2)24-21-18-15-12-9-6-3/h26-27H,4-24H2,1-3H3. The molecule has 3 heteroatoms. The molecule has 166 valence electrons. The predicted molar refractivity (Wildman–Crippen MR) is 137 cm³/mol. The third kappa shape index (κ3) is 17.7. The van der Waals surface area contributed by atoms with E-state index in [9.17, 15) is 0 Å². The first-order chi connectivity index (χ1) is 13.2. The Hall–Kier alpha value is 1.15. The number of hydrogen-bond acceptors (Lipinski definition) is 0. The first-order valence-corrected chi connectivity index (χ1v) is 18.3. The van der Waals surface area contributed by atoms with E-state index < -0.39 is 6.95 Å². The summed E-state index contributed by atoms with van der Waals surface area (Å²) in [4.78, 5) is 0. The topological polar surface area (TPSA) is 0 Å². The van der Waals surface area contributed by atoms with Gasteiger partial charge in [-0.1, -0.05) is 0 Å². The van der Waals surface area contributed by atoms with Crippen LogP contribution in [0.4, 0.5) is 0 Å². The van der Waals surface area contributed by atoms with Crippen molar-refractivity contribution in [3.63, 3.8) is 0 Å². The molecule has 0 aromatic carbocycles. The fraction of sp³-hybridized carbons (Fsp3) is 1.00. The van der Waals surface area contributed by atoms with Crippen LogP contribution in [0.5, 0.6) is 0 Å². The predicted octanol–water partition coefficient (Wildman–Crippen LogP) is 10.6. The molecule has 0 aromatic rings. The van der Waals surface area contributed by atoms with Gasteiger partial charge in [0, 0.05) is 0 Å². The maximum atomic E-state index is 6.70. The Balaban J connectivity index is 4.23. The molecule has 0 rings (SSSR count). The quantitative estimate of drug-likeness (QED) is 0.116. The molecule has 0 aliphatic heterocycles. The van der Waals surface area contributed by atoms with Gasteiger partial charge in [-0.2, -0.15) is 0 Å². The second-order valence-corrected chi connectivity index (χ2v) is 18.6. The zero-order valence-corrected chi connectivity index (χ0v) is 22.0. The molecule has 0 N–H and O–H groups in total. The van der Waals surface area contributed by atoms with Crippen LogP contribution in [0.3, 0.4) is 0 Å². The van der Waals surface area contributed by atoms with Crippen molar-refractivity contribution in [1.82, 2.24) is 0 Å². The second kappa shape index (κ2) is 21.8. The normalized spacial score (nSPS) is 13.0. The van der Waals surface area contributed by atoms with Crippen LogP contribution >= 0.6 is 25.8 Å². The Kier molecular flexibility index (Phi) is 22.8. The van der Waals surface area contributed by atoms with Crippen LogP contribution < -0.4 is 0 Å². The van der Waals surface area contributed by atoms with E-state index in [1.165, 1.54) is 134 Å². The van der Waals surface area contributed by atoms with Crippen molar-refractivity contribution in [3.05, 3.63) is 0 Å². The molecule has 0 amide bonds. The monoisotopic (exact) mass is 438 g/mol. The van der Waals surface area contributed by atoms with Crippen LogP contribution in [0.1, 0.15) is 136 Å². The third-order valence-corrected chi connectivity index (χ3v) is 17.6. The van der Waals surface area contributed by atoms with Gasteiger partial charge in [-0.15, -0.1) is 0 Å². The summed E-state index contributed by atoms with van der Waals surface area (Å²) in [5, 5.41) is 0. The van der Waals surface area contributed by atoms with E-state index in [4.69, 9.17) is 11.2 Å². The molecular formula is C24H53ClP2. The molecule has 0 aliphatic rings. The van der Waals surface area contributed by atoms with Crippen molar-refractivity contribution in [3.8, 4) is 0 Å². The molecule has 0 spiro atoms. The average molecular weight is 439 g/mol. The van der Waals surface area contributed by atoms with E-state index in [1.54, 1.807) is 0 Å². The van der Waals surface area contributed by atoms with Gasteiger partial charge in [0.05, 0.1) is 0 Å². The summed E-state index contributed by atoms with van der Waals surface area (Å²) >= 11 is 6.70. The molecule has 27 heavy (non-hydrogen) atoms. The van der Waals surface area contributed by atoms with Gasteiger partial charge in [-0.25, -0.2) is 0 Å². The van der Waals surface area contributed by atoms with E-state index in [0.29, 0.717) is 0 Å². The van der Waals surface area contributed by atoms with Crippen molar-refractivity contribution < 1.29 is 0 Å². The van der Waals surface area contributed by atoms with Gasteiger partial charge in [0.2, 0.25) is 0 Å². The van der Waals surface area contributed by atoms with Gasteiger partial charge in [-0.3, -0.25) is 0 Å². The van der Waals surface area contributed by atoms with E-state index in [-0.39, 0.29) is 0 Å². The number of halogens is 1. The minimum absolute atomic E-state index is 0.767. The van der Waals surface area contributed by atoms with Crippen molar-refractivity contribution in [2.24, 2.45) is 0 Å². The number of rotatable bonds is 22. The summed E-state index contributed by atoms with van der Waals surface area (Å²) < 4.78 is 0. The van der Waals surface area contributed by atoms with Crippen LogP contribution in [-0.2, 0) is 0 Å². The Morgan fingerprint density at radius 1 is 0.444 bits per heavy atom. The Morgan fingerprint density at radius 3 is 0.963 bits per heavy atom. The molecule has 1 atom stereocenters. The molecule has 0 bridgehead atoms. The first kappa shape index (κ1) is 28.1. The Labute approximate surface area is 180 Å². The van der Waals surface area contributed by atoms with E-state index in [2.05, 4.69) is 20.8 Å². The number of hydrogen-bond donors (Lipinski definition) is 0. The van der Waals surface area contributed by atoms with Gasteiger partial charge in [0.25, 0.3) is 0 Å². The molecule has 0 fully saturated rings. The molecular weight excluding hydrogens is 386 g/mol. The summed E-state index contributed by atoms with van der Waals surface area (Å²) in [5.41, 5.74) is 0. The summed E-state index contributed by atoms with van der Waals surface area (Å²) in [5.74, 6) is 0. The second-order valence-electron chi connectivity index (χ2n) is 8.93. The van der Waals surface area contributed by atoms with Crippen molar-refractivity contribution in [1.29, 1.82) is 0 Å². The van der Waals surface area contributed by atoms with Crippen molar-refractivity contribution >= 4 is 25.8 Å². The Morgan fingerprint density at radius 2 is 0.704 bits per heavy atom. The third-order valence-electron chi connectivity index (χ3n) is 6.23. The van der Waals surface area contributed by atoms with Crippen LogP contribution in [0, 0.1) is 0 Å². The Bertz CT molecular complexity index is 243. The van der Waals surface area contributed by atoms with Gasteiger partial charge in [0.1, 0.15) is 0 Å². The molecule has 1 unspecified atom stereocenters. The fourth-order valence-corrected chi connectivity index (χ4v) is 13.1. The molecule has 0 aromatic heterocycles. The van der Waals surface area contributed by atoms with Crippen LogP contribution in [0.25, 0.3) is 0 Å². The minimum atomic E-state index is -1.18. The summed E-state index contributed by atoms with van der Waals surface area (Å²) in [7, 11) is 0.767. The van der Waals surface area contributed by atoms with Crippen LogP contribution in [0.2, 0.25) is 0 Å². The van der Waals surface area contributed by atoms with Crippen molar-refractivity contribution in [2.75, 3.05) is 18.5 Å². The molecule has 0 saturated carbocycles. The molecule has 0 aliphatic carbocycles. The van der Waals surface area contributed by atoms with Gasteiger partial charge < -0.3 is 0 Å². The summed E-state index contributed by atoms with van der Waals surface area (Å²) in [6.07, 6.45) is 30.5. The maximum absolute atomic E-state index is 6.70. The molecule has 0 nitrogen and oxygen atoms in total. The van der Waals surface area contributed by atoms with Crippen LogP contribution in [-0.4, -0.2) is 18.5 Å². The van der Waals surface area contributed by atoms with Gasteiger partial charge >= 0.3 is 181 Å². The zero-order valence-electron chi connectivity index (χ0n) is 19.2. The van der Waals surface area contributed by atoms with Crippen molar-refractivity contribution in [2.45, 2.75) is 136 Å². The fourth-order valence-electron chi connectivity index (χ4n) is 4.25.